The predicted octanol–water partition coefficient (Wildman–Crippen LogP) is 2.08. The van der Waals surface area contributed by atoms with E-state index in [1.165, 1.54) is 0 Å². The molecule has 0 aliphatic carbocycles. The van der Waals surface area contributed by atoms with E-state index in [4.69, 9.17) is 0 Å². The molecule has 0 bridgehead atoms. The normalized spacial score (nSPS) is 12.4. The van der Waals surface area contributed by atoms with Gasteiger partial charge < -0.3 is 0 Å². The lowest BCUT2D eigenvalue weighted by atomic mass is 10.1. The van der Waals surface area contributed by atoms with E-state index in [1.54, 1.807) is 13.8 Å². The van der Waals surface area contributed by atoms with E-state index < -0.39 is 11.9 Å². The van der Waals surface area contributed by atoms with Crippen molar-refractivity contribution in [3.63, 3.8) is 0 Å². The van der Waals surface area contributed by atoms with Gasteiger partial charge in [-0.15, -0.1) is 0 Å². The van der Waals surface area contributed by atoms with Gasteiger partial charge >= 0.3 is 11.9 Å². The van der Waals surface area contributed by atoms with Crippen molar-refractivity contribution in [3.05, 3.63) is 0 Å². The molecule has 1 unspecified atom stereocenters. The van der Waals surface area contributed by atoms with Crippen molar-refractivity contribution >= 4 is 11.9 Å². The molecule has 82 valence electrons. The number of hydrogen-bond acceptors (Lipinski definition) is 4. The van der Waals surface area contributed by atoms with Crippen LogP contribution in [0.25, 0.3) is 0 Å². The Bertz CT molecular complexity index is 198. The molecule has 0 aromatic carbocycles. The van der Waals surface area contributed by atoms with Gasteiger partial charge in [-0.2, -0.15) is 0 Å². The summed E-state index contributed by atoms with van der Waals surface area (Å²) in [5.74, 6) is -1.05. The van der Waals surface area contributed by atoms with Gasteiger partial charge in [-0.3, -0.25) is 0 Å². The van der Waals surface area contributed by atoms with Crippen LogP contribution in [0.5, 0.6) is 0 Å². The van der Waals surface area contributed by atoms with Crippen LogP contribution in [0.3, 0.4) is 0 Å². The lowest BCUT2D eigenvalue weighted by Gasteiger charge is -2.07. The van der Waals surface area contributed by atoms with Gasteiger partial charge in [0.05, 0.1) is 12.3 Å². The largest absolute Gasteiger partial charge is 0.358 e. The van der Waals surface area contributed by atoms with E-state index in [-0.39, 0.29) is 18.3 Å². The maximum atomic E-state index is 11.0. The van der Waals surface area contributed by atoms with Gasteiger partial charge in [0.2, 0.25) is 0 Å². The molecule has 0 aliphatic rings. The molecular weight excluding hydrogens is 184 g/mol. The molecule has 0 saturated carbocycles. The second-order valence-corrected chi connectivity index (χ2v) is 3.73. The number of hydrogen-bond donors (Lipinski definition) is 0. The van der Waals surface area contributed by atoms with Gasteiger partial charge in [-0.1, -0.05) is 34.1 Å². The zero-order chi connectivity index (χ0) is 11.1. The van der Waals surface area contributed by atoms with E-state index >= 15 is 0 Å². The predicted molar refractivity (Wildman–Crippen MR) is 51.1 cm³/mol. The molecule has 14 heavy (non-hydrogen) atoms. The zero-order valence-electron chi connectivity index (χ0n) is 9.20. The van der Waals surface area contributed by atoms with Gasteiger partial charge in [0.15, 0.2) is 0 Å². The smallest absolute Gasteiger partial charge is 0.247 e. The molecule has 0 amide bonds. The second kappa shape index (κ2) is 6.40. The fourth-order valence-electron chi connectivity index (χ4n) is 0.647. The Morgan fingerprint density at radius 1 is 1.14 bits per heavy atom. The lowest BCUT2D eigenvalue weighted by Crippen LogP contribution is -2.16. The summed E-state index contributed by atoms with van der Waals surface area (Å²) in [5.41, 5.74) is 0. The number of rotatable bonds is 4. The zero-order valence-corrected chi connectivity index (χ0v) is 9.20. The third kappa shape index (κ3) is 5.56. The Hall–Kier alpha value is -1.06. The minimum atomic E-state index is -0.525. The minimum Gasteiger partial charge on any atom is -0.247 e. The van der Waals surface area contributed by atoms with Gasteiger partial charge in [0.1, 0.15) is 0 Å². The lowest BCUT2D eigenvalue weighted by molar-refractivity contribution is -0.262. The molecule has 0 heterocycles. The third-order valence-corrected chi connectivity index (χ3v) is 1.90. The van der Waals surface area contributed by atoms with E-state index in [1.807, 2.05) is 13.8 Å². The first-order valence-corrected chi connectivity index (χ1v) is 4.88. The summed E-state index contributed by atoms with van der Waals surface area (Å²) in [4.78, 5) is 30.6. The van der Waals surface area contributed by atoms with Crippen LogP contribution < -0.4 is 0 Å². The standard InChI is InChI=1S/C10H18O4/c1-5-8(4)6-9(11)13-14-10(12)7(2)3/h7-8H,5-6H2,1-4H3. The Morgan fingerprint density at radius 3 is 2.14 bits per heavy atom. The van der Waals surface area contributed by atoms with E-state index in [0.29, 0.717) is 0 Å². The Kier molecular flexibility index (Phi) is 5.92. The fourth-order valence-corrected chi connectivity index (χ4v) is 0.647. The molecule has 0 N–H and O–H groups in total. The van der Waals surface area contributed by atoms with Crippen molar-refractivity contribution in [3.8, 4) is 0 Å². The molecule has 0 radical (unpaired) electrons. The summed E-state index contributed by atoms with van der Waals surface area (Å²) in [7, 11) is 0. The molecule has 0 spiro atoms. The Labute approximate surface area is 84.5 Å². The molecule has 0 aliphatic heterocycles. The molecule has 1 atom stereocenters. The average Bonchev–Trinajstić information content (AvgIpc) is 2.13. The third-order valence-electron chi connectivity index (χ3n) is 1.90. The summed E-state index contributed by atoms with van der Waals surface area (Å²) >= 11 is 0. The van der Waals surface area contributed by atoms with Crippen LogP contribution in [0.2, 0.25) is 0 Å². The fraction of sp³-hybridized carbons (Fsp3) is 0.800. The summed E-state index contributed by atoms with van der Waals surface area (Å²) < 4.78 is 0. The van der Waals surface area contributed by atoms with Crippen LogP contribution in [0.1, 0.15) is 40.5 Å². The van der Waals surface area contributed by atoms with E-state index in [0.717, 1.165) is 6.42 Å². The van der Waals surface area contributed by atoms with Crippen LogP contribution in [0.4, 0.5) is 0 Å². The topological polar surface area (TPSA) is 52.6 Å². The summed E-state index contributed by atoms with van der Waals surface area (Å²) in [5, 5.41) is 0. The highest BCUT2D eigenvalue weighted by atomic mass is 17.2. The van der Waals surface area contributed by atoms with Crippen LogP contribution in [0.15, 0.2) is 0 Å². The van der Waals surface area contributed by atoms with Crippen molar-refractivity contribution in [2.75, 3.05) is 0 Å². The van der Waals surface area contributed by atoms with Crippen LogP contribution >= 0.6 is 0 Å². The molecule has 0 saturated heterocycles. The maximum Gasteiger partial charge on any atom is 0.358 e. The van der Waals surface area contributed by atoms with Crippen LogP contribution in [0, 0.1) is 11.8 Å². The first-order valence-electron chi connectivity index (χ1n) is 4.88. The van der Waals surface area contributed by atoms with Crippen molar-refractivity contribution in [2.45, 2.75) is 40.5 Å². The molecule has 0 aromatic rings. The second-order valence-electron chi connectivity index (χ2n) is 3.73. The maximum absolute atomic E-state index is 11.0. The number of carbonyl (C=O) groups is 2. The molecule has 4 nitrogen and oxygen atoms in total. The summed E-state index contributed by atoms with van der Waals surface area (Å²) in [6.45, 7) is 7.26. The molecule has 0 fully saturated rings. The van der Waals surface area contributed by atoms with Crippen LogP contribution in [-0.2, 0) is 19.4 Å². The first-order chi connectivity index (χ1) is 6.47. The molecule has 0 rings (SSSR count). The Morgan fingerprint density at radius 2 is 1.71 bits per heavy atom. The van der Waals surface area contributed by atoms with E-state index in [9.17, 15) is 9.59 Å². The molecule has 4 heteroatoms. The van der Waals surface area contributed by atoms with Gasteiger partial charge in [-0.05, 0) is 5.92 Å². The van der Waals surface area contributed by atoms with Gasteiger partial charge in [0, 0.05) is 0 Å². The van der Waals surface area contributed by atoms with Crippen molar-refractivity contribution in [1.82, 2.24) is 0 Å². The molecule has 0 aromatic heterocycles. The average molecular weight is 202 g/mol. The summed E-state index contributed by atoms with van der Waals surface area (Å²) in [6, 6.07) is 0. The highest BCUT2D eigenvalue weighted by Gasteiger charge is 2.14. The van der Waals surface area contributed by atoms with Crippen molar-refractivity contribution in [2.24, 2.45) is 11.8 Å². The minimum absolute atomic E-state index is 0.250. The SMILES string of the molecule is CCC(C)CC(=O)OOC(=O)C(C)C. The number of carbonyl (C=O) groups excluding carboxylic acids is 2. The highest BCUT2D eigenvalue weighted by Crippen LogP contribution is 2.07. The van der Waals surface area contributed by atoms with Crippen molar-refractivity contribution < 1.29 is 19.4 Å². The monoisotopic (exact) mass is 202 g/mol. The Balaban J connectivity index is 3.69. The van der Waals surface area contributed by atoms with Crippen LogP contribution in [-0.4, -0.2) is 11.9 Å². The quantitative estimate of drug-likeness (QED) is 0.517. The van der Waals surface area contributed by atoms with Gasteiger partial charge in [0.25, 0.3) is 0 Å². The summed E-state index contributed by atoms with van der Waals surface area (Å²) in [6.07, 6.45) is 1.18. The highest BCUT2D eigenvalue weighted by molar-refractivity contribution is 5.74. The first kappa shape index (κ1) is 12.9. The van der Waals surface area contributed by atoms with Crippen molar-refractivity contribution in [1.29, 1.82) is 0 Å². The van der Waals surface area contributed by atoms with Gasteiger partial charge in [-0.25, -0.2) is 19.4 Å². The van der Waals surface area contributed by atoms with E-state index in [2.05, 4.69) is 9.78 Å². The molecular formula is C10H18O4.